The zero-order valence-corrected chi connectivity index (χ0v) is 9.66. The van der Waals surface area contributed by atoms with Crippen LogP contribution in [0.2, 0.25) is 0 Å². The Labute approximate surface area is 98.3 Å². The van der Waals surface area contributed by atoms with Crippen LogP contribution in [0.25, 0.3) is 0 Å². The Morgan fingerprint density at radius 1 is 1.29 bits per heavy atom. The molecule has 0 radical (unpaired) electrons. The summed E-state index contributed by atoms with van der Waals surface area (Å²) in [4.78, 5) is 21.8. The molecular weight excluding hydrogens is 232 g/mol. The second kappa shape index (κ2) is 5.95. The molecule has 0 bridgehead atoms. The lowest BCUT2D eigenvalue weighted by Gasteiger charge is -2.37. The van der Waals surface area contributed by atoms with Crippen molar-refractivity contribution in [3.63, 3.8) is 0 Å². The monoisotopic (exact) mass is 248 g/mol. The number of carbonyl (C=O) groups excluding carboxylic acids is 2. The number of aliphatic hydroxyl groups is 2. The zero-order chi connectivity index (χ0) is 13.0. The van der Waals surface area contributed by atoms with Crippen molar-refractivity contribution in [2.24, 2.45) is 0 Å². The van der Waals surface area contributed by atoms with Gasteiger partial charge in [-0.1, -0.05) is 0 Å². The lowest BCUT2D eigenvalue weighted by molar-refractivity contribution is -0.251. The van der Waals surface area contributed by atoms with E-state index in [1.807, 2.05) is 0 Å². The summed E-state index contributed by atoms with van der Waals surface area (Å²) in [5.74, 6) is -1.14. The van der Waals surface area contributed by atoms with Crippen LogP contribution < -0.4 is 0 Å². The van der Waals surface area contributed by atoms with Crippen LogP contribution in [-0.2, 0) is 23.8 Å². The molecule has 0 unspecified atom stereocenters. The Kier molecular flexibility index (Phi) is 4.86. The summed E-state index contributed by atoms with van der Waals surface area (Å²) in [6.07, 6.45) is -3.81. The van der Waals surface area contributed by atoms with Crippen molar-refractivity contribution >= 4 is 11.9 Å². The van der Waals surface area contributed by atoms with Crippen LogP contribution in [0, 0.1) is 0 Å². The van der Waals surface area contributed by atoms with Gasteiger partial charge in [-0.25, -0.2) is 0 Å². The van der Waals surface area contributed by atoms with E-state index in [0.29, 0.717) is 0 Å². The third kappa shape index (κ3) is 3.95. The Morgan fingerprint density at radius 2 is 1.88 bits per heavy atom. The molecule has 7 heteroatoms. The predicted molar refractivity (Wildman–Crippen MR) is 53.7 cm³/mol. The molecule has 0 aromatic carbocycles. The molecule has 7 nitrogen and oxygen atoms in total. The van der Waals surface area contributed by atoms with E-state index >= 15 is 0 Å². The SMILES string of the molecule is CC(=O)O[C@H]1[C@@H](OC(C)=O)C[C@H](O)O[C@H]1CO. The quantitative estimate of drug-likeness (QED) is 0.614. The molecule has 17 heavy (non-hydrogen) atoms. The highest BCUT2D eigenvalue weighted by Crippen LogP contribution is 2.24. The van der Waals surface area contributed by atoms with Gasteiger partial charge in [-0.2, -0.15) is 0 Å². The van der Waals surface area contributed by atoms with Gasteiger partial charge >= 0.3 is 11.9 Å². The molecule has 1 saturated heterocycles. The normalized spacial score (nSPS) is 32.9. The summed E-state index contributed by atoms with van der Waals surface area (Å²) in [6.45, 7) is 1.96. The summed E-state index contributed by atoms with van der Waals surface area (Å²) in [5.41, 5.74) is 0. The number of esters is 2. The van der Waals surface area contributed by atoms with Crippen LogP contribution in [0.4, 0.5) is 0 Å². The number of carbonyl (C=O) groups is 2. The summed E-state index contributed by atoms with van der Waals surface area (Å²) in [7, 11) is 0. The summed E-state index contributed by atoms with van der Waals surface area (Å²) >= 11 is 0. The number of aliphatic hydroxyl groups excluding tert-OH is 2. The highest BCUT2D eigenvalue weighted by molar-refractivity contribution is 5.67. The third-order valence-electron chi connectivity index (χ3n) is 2.30. The molecular formula is C10H16O7. The average molecular weight is 248 g/mol. The van der Waals surface area contributed by atoms with Gasteiger partial charge in [0.25, 0.3) is 0 Å². The minimum absolute atomic E-state index is 0.00593. The molecule has 2 N–H and O–H groups in total. The van der Waals surface area contributed by atoms with Crippen molar-refractivity contribution in [1.82, 2.24) is 0 Å². The number of hydrogen-bond donors (Lipinski definition) is 2. The summed E-state index contributed by atoms with van der Waals surface area (Å²) in [5, 5.41) is 18.5. The molecule has 0 spiro atoms. The van der Waals surface area contributed by atoms with Crippen LogP contribution in [-0.4, -0.2) is 53.4 Å². The maximum absolute atomic E-state index is 10.9. The van der Waals surface area contributed by atoms with Crippen molar-refractivity contribution < 1.29 is 34.0 Å². The van der Waals surface area contributed by atoms with Crippen molar-refractivity contribution in [1.29, 1.82) is 0 Å². The maximum Gasteiger partial charge on any atom is 0.303 e. The van der Waals surface area contributed by atoms with Gasteiger partial charge in [0.05, 0.1) is 6.61 Å². The second-order valence-electron chi connectivity index (χ2n) is 3.77. The Bertz CT molecular complexity index is 290. The van der Waals surface area contributed by atoms with E-state index in [0.717, 1.165) is 0 Å². The van der Waals surface area contributed by atoms with E-state index in [4.69, 9.17) is 19.3 Å². The van der Waals surface area contributed by atoms with Crippen LogP contribution >= 0.6 is 0 Å². The van der Waals surface area contributed by atoms with Gasteiger partial charge in [-0.05, 0) is 0 Å². The summed E-state index contributed by atoms with van der Waals surface area (Å²) in [6, 6.07) is 0. The van der Waals surface area contributed by atoms with E-state index < -0.39 is 43.1 Å². The fourth-order valence-electron chi connectivity index (χ4n) is 1.73. The first-order chi connectivity index (χ1) is 7.93. The predicted octanol–water partition coefficient (Wildman–Crippen LogP) is -1.05. The molecule has 1 heterocycles. The molecule has 1 aliphatic rings. The van der Waals surface area contributed by atoms with Crippen LogP contribution in [0.15, 0.2) is 0 Å². The largest absolute Gasteiger partial charge is 0.458 e. The average Bonchev–Trinajstić information content (AvgIpc) is 2.20. The van der Waals surface area contributed by atoms with Gasteiger partial charge < -0.3 is 24.4 Å². The first-order valence-corrected chi connectivity index (χ1v) is 5.23. The molecule has 0 amide bonds. The highest BCUT2D eigenvalue weighted by atomic mass is 16.7. The van der Waals surface area contributed by atoms with Crippen molar-refractivity contribution in [2.75, 3.05) is 6.61 Å². The van der Waals surface area contributed by atoms with E-state index in [9.17, 15) is 14.7 Å². The molecule has 1 rings (SSSR count). The Hall–Kier alpha value is -1.18. The number of rotatable bonds is 3. The van der Waals surface area contributed by atoms with E-state index in [-0.39, 0.29) is 6.42 Å². The molecule has 0 aromatic heterocycles. The van der Waals surface area contributed by atoms with Crippen LogP contribution in [0.1, 0.15) is 20.3 Å². The minimum atomic E-state index is -1.16. The molecule has 98 valence electrons. The van der Waals surface area contributed by atoms with Crippen molar-refractivity contribution in [3.05, 3.63) is 0 Å². The van der Waals surface area contributed by atoms with E-state index in [2.05, 4.69) is 0 Å². The van der Waals surface area contributed by atoms with Crippen LogP contribution in [0.5, 0.6) is 0 Å². The van der Waals surface area contributed by atoms with Gasteiger partial charge in [0, 0.05) is 20.3 Å². The fraction of sp³-hybridized carbons (Fsp3) is 0.800. The first-order valence-electron chi connectivity index (χ1n) is 5.23. The lowest BCUT2D eigenvalue weighted by Crippen LogP contribution is -2.53. The minimum Gasteiger partial charge on any atom is -0.458 e. The summed E-state index contributed by atoms with van der Waals surface area (Å²) < 4.78 is 14.9. The fourth-order valence-corrected chi connectivity index (χ4v) is 1.73. The molecule has 4 atom stereocenters. The zero-order valence-electron chi connectivity index (χ0n) is 9.66. The van der Waals surface area contributed by atoms with Gasteiger partial charge in [-0.15, -0.1) is 0 Å². The number of ether oxygens (including phenoxy) is 3. The maximum atomic E-state index is 10.9. The lowest BCUT2D eigenvalue weighted by atomic mass is 10.0. The van der Waals surface area contributed by atoms with Gasteiger partial charge in [-0.3, -0.25) is 9.59 Å². The molecule has 1 fully saturated rings. The molecule has 0 saturated carbocycles. The highest BCUT2D eigenvalue weighted by Gasteiger charge is 2.42. The Balaban J connectivity index is 2.78. The standard InChI is InChI=1S/C10H16O7/c1-5(12)15-7-3-9(14)17-8(4-11)10(7)16-6(2)13/h7-11,14H,3-4H2,1-2H3/t7-,8-,9+,10-/m0/s1. The number of hydrogen-bond acceptors (Lipinski definition) is 7. The molecule has 1 aliphatic heterocycles. The third-order valence-corrected chi connectivity index (χ3v) is 2.30. The van der Waals surface area contributed by atoms with Gasteiger partial charge in [0.15, 0.2) is 12.4 Å². The molecule has 0 aromatic rings. The second-order valence-corrected chi connectivity index (χ2v) is 3.77. The van der Waals surface area contributed by atoms with Crippen molar-refractivity contribution in [3.8, 4) is 0 Å². The molecule has 0 aliphatic carbocycles. The topological polar surface area (TPSA) is 102 Å². The smallest absolute Gasteiger partial charge is 0.303 e. The van der Waals surface area contributed by atoms with Crippen LogP contribution in [0.3, 0.4) is 0 Å². The Morgan fingerprint density at radius 3 is 2.35 bits per heavy atom. The van der Waals surface area contributed by atoms with Gasteiger partial charge in [0.2, 0.25) is 0 Å². The van der Waals surface area contributed by atoms with E-state index in [1.165, 1.54) is 13.8 Å². The van der Waals surface area contributed by atoms with E-state index in [1.54, 1.807) is 0 Å². The van der Waals surface area contributed by atoms with Gasteiger partial charge in [0.1, 0.15) is 12.2 Å². The van der Waals surface area contributed by atoms with Crippen molar-refractivity contribution in [2.45, 2.75) is 44.9 Å². The first kappa shape index (κ1) is 13.9.